The average Bonchev–Trinajstić information content (AvgIpc) is 2.38. The summed E-state index contributed by atoms with van der Waals surface area (Å²) in [5.74, 6) is -1.66. The Bertz CT molecular complexity index is 557. The Morgan fingerprint density at radius 2 is 2.25 bits per heavy atom. The van der Waals surface area contributed by atoms with Crippen LogP contribution in [0.1, 0.15) is 18.1 Å². The first-order valence-electron chi connectivity index (χ1n) is 5.70. The molecule has 5 nitrogen and oxygen atoms in total. The number of carboxylic acid groups (broad SMARTS) is 1. The molecule has 20 heavy (non-hydrogen) atoms. The number of hydrogen-bond acceptors (Lipinski definition) is 4. The standard InChI is InChI=1S/C13H13FN2O3S/c1-8(17)16-12(13(18)19)7-20-6-10-3-2-9(5-15)4-11(10)14/h2-4,12H,6-7H2,1H3,(H,16,17)(H,18,19)/t12-/m0/s1. The molecule has 1 amide bonds. The molecule has 0 bridgehead atoms. The zero-order valence-corrected chi connectivity index (χ0v) is 11.5. The molecule has 0 heterocycles. The minimum absolute atomic E-state index is 0.133. The van der Waals surface area contributed by atoms with Crippen LogP contribution in [0.4, 0.5) is 4.39 Å². The molecule has 106 valence electrons. The number of benzene rings is 1. The van der Waals surface area contributed by atoms with E-state index in [2.05, 4.69) is 5.32 Å². The zero-order chi connectivity index (χ0) is 15.1. The first-order chi connectivity index (χ1) is 9.43. The van der Waals surface area contributed by atoms with Gasteiger partial charge >= 0.3 is 5.97 Å². The van der Waals surface area contributed by atoms with Gasteiger partial charge in [-0.1, -0.05) is 6.07 Å². The van der Waals surface area contributed by atoms with Gasteiger partial charge in [0.25, 0.3) is 0 Å². The van der Waals surface area contributed by atoms with Crippen molar-refractivity contribution in [2.45, 2.75) is 18.7 Å². The summed E-state index contributed by atoms with van der Waals surface area (Å²) in [5, 5.41) is 19.8. The summed E-state index contributed by atoms with van der Waals surface area (Å²) in [6.45, 7) is 1.24. The molecule has 0 aliphatic heterocycles. The predicted octanol–water partition coefficient (Wildman–Crippen LogP) is 1.52. The highest BCUT2D eigenvalue weighted by atomic mass is 32.2. The molecular formula is C13H13FN2O3S. The molecule has 1 rings (SSSR count). The van der Waals surface area contributed by atoms with Crippen molar-refractivity contribution in [3.05, 3.63) is 35.1 Å². The van der Waals surface area contributed by atoms with Gasteiger partial charge in [-0.2, -0.15) is 17.0 Å². The van der Waals surface area contributed by atoms with Gasteiger partial charge in [-0.15, -0.1) is 0 Å². The second-order valence-corrected chi connectivity index (χ2v) is 5.05. The third kappa shape index (κ3) is 4.90. The molecule has 0 saturated heterocycles. The van der Waals surface area contributed by atoms with Crippen molar-refractivity contribution in [3.8, 4) is 6.07 Å². The molecule has 0 fully saturated rings. The van der Waals surface area contributed by atoms with Crippen LogP contribution >= 0.6 is 11.8 Å². The van der Waals surface area contributed by atoms with Crippen LogP contribution < -0.4 is 5.32 Å². The van der Waals surface area contributed by atoms with E-state index in [4.69, 9.17) is 10.4 Å². The number of hydrogen-bond donors (Lipinski definition) is 2. The summed E-state index contributed by atoms with van der Waals surface area (Å²) < 4.78 is 13.6. The molecule has 7 heteroatoms. The first kappa shape index (κ1) is 16.0. The van der Waals surface area contributed by atoms with Gasteiger partial charge in [0.1, 0.15) is 11.9 Å². The maximum Gasteiger partial charge on any atom is 0.327 e. The quantitative estimate of drug-likeness (QED) is 0.830. The van der Waals surface area contributed by atoms with E-state index in [-0.39, 0.29) is 17.1 Å². The van der Waals surface area contributed by atoms with E-state index in [1.165, 1.54) is 30.8 Å². The summed E-state index contributed by atoms with van der Waals surface area (Å²) >= 11 is 1.19. The van der Waals surface area contributed by atoms with Crippen LogP contribution in [0.25, 0.3) is 0 Å². The van der Waals surface area contributed by atoms with Gasteiger partial charge in [-0.25, -0.2) is 9.18 Å². The van der Waals surface area contributed by atoms with Crippen LogP contribution in [0, 0.1) is 17.1 Å². The number of thioether (sulfide) groups is 1. The lowest BCUT2D eigenvalue weighted by Gasteiger charge is -2.12. The maximum atomic E-state index is 13.6. The molecule has 1 atom stereocenters. The van der Waals surface area contributed by atoms with Gasteiger partial charge in [0, 0.05) is 18.4 Å². The maximum absolute atomic E-state index is 13.6. The summed E-state index contributed by atoms with van der Waals surface area (Å²) in [6, 6.07) is 4.97. The molecule has 0 aromatic heterocycles. The van der Waals surface area contributed by atoms with E-state index in [0.29, 0.717) is 5.56 Å². The van der Waals surface area contributed by atoms with E-state index in [1.54, 1.807) is 0 Å². The lowest BCUT2D eigenvalue weighted by molar-refractivity contribution is -0.140. The SMILES string of the molecule is CC(=O)N[C@@H](CSCc1ccc(C#N)cc1F)C(=O)O. The van der Waals surface area contributed by atoms with Crippen LogP contribution in [0.3, 0.4) is 0 Å². The number of halogens is 1. The Labute approximate surface area is 119 Å². The van der Waals surface area contributed by atoms with E-state index >= 15 is 0 Å². The third-order valence-corrected chi connectivity index (χ3v) is 3.48. The number of carbonyl (C=O) groups excluding carboxylic acids is 1. The number of amides is 1. The molecule has 1 aromatic carbocycles. The van der Waals surface area contributed by atoms with Crippen molar-refractivity contribution in [1.82, 2.24) is 5.32 Å². The number of aliphatic carboxylic acids is 1. The van der Waals surface area contributed by atoms with Gasteiger partial charge in [-0.3, -0.25) is 4.79 Å². The summed E-state index contributed by atoms with van der Waals surface area (Å²) in [4.78, 5) is 21.7. The van der Waals surface area contributed by atoms with Gasteiger partial charge in [0.05, 0.1) is 11.6 Å². The molecule has 2 N–H and O–H groups in total. The van der Waals surface area contributed by atoms with Gasteiger partial charge in [0.15, 0.2) is 0 Å². The van der Waals surface area contributed by atoms with Crippen molar-refractivity contribution >= 4 is 23.6 Å². The van der Waals surface area contributed by atoms with Crippen LogP contribution in [0.2, 0.25) is 0 Å². The Hall–Kier alpha value is -2.07. The fourth-order valence-electron chi connectivity index (χ4n) is 1.44. The number of rotatable bonds is 6. The highest BCUT2D eigenvalue weighted by Gasteiger charge is 2.18. The van der Waals surface area contributed by atoms with Crippen LogP contribution in [-0.2, 0) is 15.3 Å². The lowest BCUT2D eigenvalue weighted by Crippen LogP contribution is -2.41. The number of carbonyl (C=O) groups is 2. The topological polar surface area (TPSA) is 90.2 Å². The van der Waals surface area contributed by atoms with Crippen molar-refractivity contribution in [1.29, 1.82) is 5.26 Å². The predicted molar refractivity (Wildman–Crippen MR) is 72.5 cm³/mol. The molecule has 0 unspecified atom stereocenters. The summed E-state index contributed by atoms with van der Waals surface area (Å²) in [7, 11) is 0. The van der Waals surface area contributed by atoms with Crippen LogP contribution in [0.15, 0.2) is 18.2 Å². The van der Waals surface area contributed by atoms with Crippen LogP contribution in [-0.4, -0.2) is 28.8 Å². The fraction of sp³-hybridized carbons (Fsp3) is 0.308. The molecular weight excluding hydrogens is 283 g/mol. The van der Waals surface area contributed by atoms with E-state index in [0.717, 1.165) is 6.07 Å². The molecule has 1 aromatic rings. The lowest BCUT2D eigenvalue weighted by atomic mass is 10.1. The Kier molecular flexibility index (Phi) is 6.00. The normalized spacial score (nSPS) is 11.4. The molecule has 0 aliphatic carbocycles. The van der Waals surface area contributed by atoms with Crippen molar-refractivity contribution in [3.63, 3.8) is 0 Å². The van der Waals surface area contributed by atoms with Crippen molar-refractivity contribution in [2.24, 2.45) is 0 Å². The first-order valence-corrected chi connectivity index (χ1v) is 6.85. The average molecular weight is 296 g/mol. The smallest absolute Gasteiger partial charge is 0.327 e. The van der Waals surface area contributed by atoms with Crippen molar-refractivity contribution < 1.29 is 19.1 Å². The Balaban J connectivity index is 2.57. The molecule has 0 radical (unpaired) electrons. The fourth-order valence-corrected chi connectivity index (χ4v) is 2.47. The minimum Gasteiger partial charge on any atom is -0.480 e. The van der Waals surface area contributed by atoms with E-state index < -0.39 is 23.7 Å². The summed E-state index contributed by atoms with van der Waals surface area (Å²) in [5.41, 5.74) is 0.624. The van der Waals surface area contributed by atoms with Gasteiger partial charge in [0.2, 0.25) is 5.91 Å². The van der Waals surface area contributed by atoms with E-state index in [9.17, 15) is 14.0 Å². The highest BCUT2D eigenvalue weighted by molar-refractivity contribution is 7.98. The number of carboxylic acids is 1. The molecule has 0 aliphatic rings. The second-order valence-electron chi connectivity index (χ2n) is 4.02. The van der Waals surface area contributed by atoms with Crippen molar-refractivity contribution in [2.75, 3.05) is 5.75 Å². The Morgan fingerprint density at radius 3 is 2.75 bits per heavy atom. The largest absolute Gasteiger partial charge is 0.480 e. The zero-order valence-electron chi connectivity index (χ0n) is 10.7. The van der Waals surface area contributed by atoms with Gasteiger partial charge in [-0.05, 0) is 17.7 Å². The molecule has 0 saturated carbocycles. The Morgan fingerprint density at radius 1 is 1.55 bits per heavy atom. The number of nitrogens with zero attached hydrogens (tertiary/aromatic N) is 1. The number of nitriles is 1. The summed E-state index contributed by atoms with van der Waals surface area (Å²) in [6.07, 6.45) is 0. The van der Waals surface area contributed by atoms with E-state index in [1.807, 2.05) is 6.07 Å². The molecule has 0 spiro atoms. The third-order valence-electron chi connectivity index (χ3n) is 2.40. The second kappa shape index (κ2) is 7.50. The number of nitrogens with one attached hydrogen (secondary N) is 1. The monoisotopic (exact) mass is 296 g/mol. The van der Waals surface area contributed by atoms with Gasteiger partial charge < -0.3 is 10.4 Å². The minimum atomic E-state index is -1.13. The highest BCUT2D eigenvalue weighted by Crippen LogP contribution is 2.17. The van der Waals surface area contributed by atoms with Crippen LogP contribution in [0.5, 0.6) is 0 Å².